The van der Waals surface area contributed by atoms with Crippen molar-refractivity contribution >= 4 is 0 Å². The van der Waals surface area contributed by atoms with E-state index < -0.39 is 0 Å². The van der Waals surface area contributed by atoms with Crippen molar-refractivity contribution < 1.29 is 10.4 Å². The molecule has 0 bridgehead atoms. The van der Waals surface area contributed by atoms with Crippen LogP contribution in [0.1, 0.15) is 20.8 Å². The zero-order valence-corrected chi connectivity index (χ0v) is 6.59. The summed E-state index contributed by atoms with van der Waals surface area (Å²) in [7, 11) is 0. The zero-order valence-electron chi connectivity index (χ0n) is 6.59. The van der Waals surface area contributed by atoms with Gasteiger partial charge in [0.05, 0.1) is 12.6 Å². The van der Waals surface area contributed by atoms with E-state index in [9.17, 15) is 0 Å². The number of quaternary nitrogens is 1. The molecule has 0 spiro atoms. The van der Waals surface area contributed by atoms with Crippen molar-refractivity contribution in [1.29, 1.82) is 0 Å². The van der Waals surface area contributed by atoms with Crippen molar-refractivity contribution in [1.82, 2.24) is 0 Å². The summed E-state index contributed by atoms with van der Waals surface area (Å²) in [5.41, 5.74) is 0. The van der Waals surface area contributed by atoms with Crippen LogP contribution in [-0.2, 0) is 0 Å². The lowest BCUT2D eigenvalue weighted by Crippen LogP contribution is -2.87. The highest BCUT2D eigenvalue weighted by atomic mass is 16.3. The van der Waals surface area contributed by atoms with E-state index in [0.717, 1.165) is 19.0 Å². The lowest BCUT2D eigenvalue weighted by Gasteiger charge is -2.04. The van der Waals surface area contributed by atoms with Crippen molar-refractivity contribution in [2.24, 2.45) is 5.92 Å². The Kier molecular flexibility index (Phi) is 4.72. The molecule has 0 saturated carbocycles. The second-order valence-corrected chi connectivity index (χ2v) is 3.00. The number of hydrogen-bond donors (Lipinski definition) is 2. The zero-order chi connectivity index (χ0) is 7.28. The normalized spacial score (nSPS) is 14.3. The van der Waals surface area contributed by atoms with Gasteiger partial charge in [-0.2, -0.15) is 0 Å². The smallest absolute Gasteiger partial charge is 0.102 e. The van der Waals surface area contributed by atoms with Crippen LogP contribution >= 0.6 is 0 Å². The summed E-state index contributed by atoms with van der Waals surface area (Å²) in [6.45, 7) is 8.12. The Balaban J connectivity index is 2.91. The Hall–Kier alpha value is -0.0800. The second kappa shape index (κ2) is 4.77. The van der Waals surface area contributed by atoms with E-state index in [-0.39, 0.29) is 6.10 Å². The third kappa shape index (κ3) is 7.92. The average molecular weight is 132 g/mol. The number of aliphatic hydroxyl groups excluding tert-OH is 1. The minimum Gasteiger partial charge on any atom is -0.388 e. The van der Waals surface area contributed by atoms with E-state index in [1.54, 1.807) is 0 Å². The molecular formula is C7H18NO+. The molecule has 0 aromatic heterocycles. The summed E-state index contributed by atoms with van der Waals surface area (Å²) in [4.78, 5) is 0. The molecule has 0 fully saturated rings. The number of aliphatic hydroxyl groups is 1. The first kappa shape index (κ1) is 8.92. The van der Waals surface area contributed by atoms with Crippen LogP contribution in [0, 0.1) is 5.92 Å². The maximum atomic E-state index is 8.83. The average Bonchev–Trinajstić information content (AvgIpc) is 1.63. The van der Waals surface area contributed by atoms with Crippen LogP contribution in [0.2, 0.25) is 0 Å². The minimum atomic E-state index is -0.163. The maximum Gasteiger partial charge on any atom is 0.102 e. The monoisotopic (exact) mass is 132 g/mol. The Morgan fingerprint density at radius 1 is 1.22 bits per heavy atom. The molecule has 3 N–H and O–H groups in total. The van der Waals surface area contributed by atoms with Gasteiger partial charge >= 0.3 is 0 Å². The van der Waals surface area contributed by atoms with Gasteiger partial charge in [-0.25, -0.2) is 0 Å². The molecule has 2 heteroatoms. The molecule has 0 amide bonds. The lowest BCUT2D eigenvalue weighted by atomic mass is 10.2. The van der Waals surface area contributed by atoms with Gasteiger partial charge in [-0.15, -0.1) is 0 Å². The van der Waals surface area contributed by atoms with Crippen LogP contribution in [0.15, 0.2) is 0 Å². The Morgan fingerprint density at radius 3 is 2.11 bits per heavy atom. The molecule has 0 aliphatic heterocycles. The van der Waals surface area contributed by atoms with E-state index in [0.29, 0.717) is 0 Å². The molecule has 1 atom stereocenters. The highest BCUT2D eigenvalue weighted by molar-refractivity contribution is 4.38. The van der Waals surface area contributed by atoms with Crippen molar-refractivity contribution in [2.45, 2.75) is 26.9 Å². The van der Waals surface area contributed by atoms with Gasteiger partial charge in [-0.05, 0) is 6.92 Å². The van der Waals surface area contributed by atoms with Crippen molar-refractivity contribution in [3.63, 3.8) is 0 Å². The number of nitrogens with two attached hydrogens (primary N) is 1. The molecule has 0 heterocycles. The van der Waals surface area contributed by atoms with E-state index in [2.05, 4.69) is 19.2 Å². The maximum absolute atomic E-state index is 8.83. The molecule has 2 nitrogen and oxygen atoms in total. The van der Waals surface area contributed by atoms with E-state index in [4.69, 9.17) is 5.11 Å². The fourth-order valence-electron chi connectivity index (χ4n) is 0.671. The van der Waals surface area contributed by atoms with E-state index in [1.807, 2.05) is 6.92 Å². The fourth-order valence-corrected chi connectivity index (χ4v) is 0.671. The summed E-state index contributed by atoms with van der Waals surface area (Å²) in [6.07, 6.45) is -0.163. The first-order valence-electron chi connectivity index (χ1n) is 3.62. The molecule has 0 saturated heterocycles. The summed E-state index contributed by atoms with van der Waals surface area (Å²) in [5.74, 6) is 0.726. The molecule has 0 radical (unpaired) electrons. The van der Waals surface area contributed by atoms with E-state index >= 15 is 0 Å². The Bertz CT molecular complexity index is 53.9. The molecule has 0 unspecified atom stereocenters. The van der Waals surface area contributed by atoms with Crippen LogP contribution in [0.25, 0.3) is 0 Å². The van der Waals surface area contributed by atoms with Gasteiger partial charge in [0.2, 0.25) is 0 Å². The first-order chi connectivity index (χ1) is 4.13. The van der Waals surface area contributed by atoms with Crippen LogP contribution in [-0.4, -0.2) is 24.3 Å². The summed E-state index contributed by atoms with van der Waals surface area (Å²) < 4.78 is 0. The van der Waals surface area contributed by atoms with Crippen LogP contribution in [0.4, 0.5) is 0 Å². The predicted molar refractivity (Wildman–Crippen MR) is 38.2 cm³/mol. The third-order valence-electron chi connectivity index (χ3n) is 1.15. The summed E-state index contributed by atoms with van der Waals surface area (Å²) >= 11 is 0. The molecule has 0 rings (SSSR count). The van der Waals surface area contributed by atoms with Crippen LogP contribution in [0.3, 0.4) is 0 Å². The fraction of sp³-hybridized carbons (Fsp3) is 1.00. The highest BCUT2D eigenvalue weighted by Gasteiger charge is 1.98. The molecule has 0 aromatic carbocycles. The van der Waals surface area contributed by atoms with Crippen molar-refractivity contribution in [3.05, 3.63) is 0 Å². The number of rotatable bonds is 4. The summed E-state index contributed by atoms with van der Waals surface area (Å²) in [5, 5.41) is 11.0. The van der Waals surface area contributed by atoms with Gasteiger partial charge in [0, 0.05) is 5.92 Å². The highest BCUT2D eigenvalue weighted by Crippen LogP contribution is 1.81. The third-order valence-corrected chi connectivity index (χ3v) is 1.15. The second-order valence-electron chi connectivity index (χ2n) is 3.00. The molecule has 0 aliphatic rings. The number of hydrogen-bond acceptors (Lipinski definition) is 1. The largest absolute Gasteiger partial charge is 0.388 e. The Morgan fingerprint density at radius 2 is 1.78 bits per heavy atom. The van der Waals surface area contributed by atoms with Crippen molar-refractivity contribution in [3.8, 4) is 0 Å². The SMILES string of the molecule is CC(C)C[NH2+]C[C@H](C)O. The van der Waals surface area contributed by atoms with Gasteiger partial charge in [-0.1, -0.05) is 13.8 Å². The molecule has 9 heavy (non-hydrogen) atoms. The molecule has 0 aromatic rings. The van der Waals surface area contributed by atoms with Gasteiger partial charge in [-0.3, -0.25) is 0 Å². The van der Waals surface area contributed by atoms with Gasteiger partial charge in [0.1, 0.15) is 6.54 Å². The van der Waals surface area contributed by atoms with Gasteiger partial charge < -0.3 is 10.4 Å². The van der Waals surface area contributed by atoms with Crippen molar-refractivity contribution in [2.75, 3.05) is 13.1 Å². The topological polar surface area (TPSA) is 36.8 Å². The van der Waals surface area contributed by atoms with Gasteiger partial charge in [0.25, 0.3) is 0 Å². The first-order valence-corrected chi connectivity index (χ1v) is 3.62. The standard InChI is InChI=1S/C7H17NO/c1-6(2)4-8-5-7(3)9/h6-9H,4-5H2,1-3H3/p+1/t7-/m0/s1. The lowest BCUT2D eigenvalue weighted by molar-refractivity contribution is -0.665. The van der Waals surface area contributed by atoms with Crippen LogP contribution < -0.4 is 5.32 Å². The summed E-state index contributed by atoms with van der Waals surface area (Å²) in [6, 6.07) is 0. The molecular weight excluding hydrogens is 114 g/mol. The molecule has 0 aliphatic carbocycles. The Labute approximate surface area is 57.3 Å². The molecule has 56 valence electrons. The predicted octanol–water partition coefficient (Wildman–Crippen LogP) is -0.413. The van der Waals surface area contributed by atoms with Crippen LogP contribution in [0.5, 0.6) is 0 Å². The van der Waals surface area contributed by atoms with Gasteiger partial charge in [0.15, 0.2) is 0 Å². The quantitative estimate of drug-likeness (QED) is 0.536. The van der Waals surface area contributed by atoms with E-state index in [1.165, 1.54) is 0 Å². The minimum absolute atomic E-state index is 0.163.